The molecule has 0 bridgehead atoms. The second-order valence-corrected chi connectivity index (χ2v) is 9.59. The van der Waals surface area contributed by atoms with Gasteiger partial charge in [0.2, 0.25) is 5.91 Å². The Morgan fingerprint density at radius 2 is 1.86 bits per heavy atom. The number of nitro groups is 1. The van der Waals surface area contributed by atoms with E-state index in [-0.39, 0.29) is 18.2 Å². The van der Waals surface area contributed by atoms with Gasteiger partial charge in [-0.15, -0.1) is 0 Å². The summed E-state index contributed by atoms with van der Waals surface area (Å²) in [5, 5.41) is 13.9. The van der Waals surface area contributed by atoms with Crippen LogP contribution in [0.5, 0.6) is 0 Å². The number of aryl methyl sites for hydroxylation is 1. The van der Waals surface area contributed by atoms with E-state index in [1.807, 2.05) is 38.7 Å². The molecule has 0 saturated carbocycles. The van der Waals surface area contributed by atoms with Crippen LogP contribution in [0.3, 0.4) is 0 Å². The first-order chi connectivity index (χ1) is 16.6. The largest absolute Gasteiger partial charge is 0.372 e. The smallest absolute Gasteiger partial charge is 0.335 e. The molecule has 10 heteroatoms. The van der Waals surface area contributed by atoms with E-state index < -0.39 is 40.3 Å². The van der Waals surface area contributed by atoms with Gasteiger partial charge in [-0.25, -0.2) is 9.69 Å². The molecule has 1 spiro atoms. The molecule has 3 aliphatic heterocycles. The van der Waals surface area contributed by atoms with Gasteiger partial charge in [-0.3, -0.25) is 25.0 Å². The number of carbonyl (C=O) groups is 3. The van der Waals surface area contributed by atoms with Gasteiger partial charge in [0.15, 0.2) is 5.41 Å². The molecule has 0 unspecified atom stereocenters. The van der Waals surface area contributed by atoms with E-state index in [1.165, 1.54) is 12.1 Å². The fraction of sp³-hybridized carbons (Fsp3) is 0.400. The summed E-state index contributed by atoms with van der Waals surface area (Å²) >= 11 is 0. The maximum Gasteiger partial charge on any atom is 0.335 e. The van der Waals surface area contributed by atoms with Crippen molar-refractivity contribution in [2.75, 3.05) is 16.3 Å². The summed E-state index contributed by atoms with van der Waals surface area (Å²) in [5.41, 5.74) is 1.42. The summed E-state index contributed by atoms with van der Waals surface area (Å²) in [7, 11) is 0. The van der Waals surface area contributed by atoms with Gasteiger partial charge in [-0.05, 0) is 56.5 Å². The molecule has 4 amide bonds. The first kappa shape index (κ1) is 23.0. The number of benzene rings is 2. The minimum Gasteiger partial charge on any atom is -0.372 e. The number of morpholine rings is 1. The van der Waals surface area contributed by atoms with Crippen molar-refractivity contribution in [2.24, 2.45) is 5.41 Å². The third-order valence-corrected chi connectivity index (χ3v) is 7.47. The molecule has 182 valence electrons. The topological polar surface area (TPSA) is 122 Å². The first-order valence-electron chi connectivity index (χ1n) is 11.5. The predicted molar refractivity (Wildman–Crippen MR) is 127 cm³/mol. The number of nitro benzene ring substituents is 1. The quantitative estimate of drug-likeness (QED) is 0.400. The molecule has 2 aromatic carbocycles. The van der Waals surface area contributed by atoms with Crippen LogP contribution in [0.1, 0.15) is 30.5 Å². The number of rotatable bonds is 2. The van der Waals surface area contributed by atoms with Crippen LogP contribution in [-0.2, 0) is 20.7 Å². The number of nitrogens with zero attached hydrogens (tertiary/aromatic N) is 3. The Morgan fingerprint density at radius 3 is 2.57 bits per heavy atom. The van der Waals surface area contributed by atoms with Crippen molar-refractivity contribution >= 4 is 34.9 Å². The standard InChI is InChI=1S/C25H26N4O6/c1-13-6-5-7-19(15(13)3)28-23(31)25(22(30)26-24(28)32)11-17-10-18(29(33)34)8-9-20(17)27-12-14(2)35-16(4)21(25)27/h5-10,14,16,21H,11-12H2,1-4H3,(H,26,30,32)/t14-,16+,21-,25+/m0/s1. The van der Waals surface area contributed by atoms with E-state index >= 15 is 0 Å². The van der Waals surface area contributed by atoms with Crippen LogP contribution in [0.2, 0.25) is 0 Å². The highest BCUT2D eigenvalue weighted by Gasteiger charge is 2.65. The van der Waals surface area contributed by atoms with Crippen molar-refractivity contribution in [3.63, 3.8) is 0 Å². The zero-order chi connectivity index (χ0) is 25.2. The van der Waals surface area contributed by atoms with Crippen molar-refractivity contribution in [2.45, 2.75) is 52.4 Å². The molecule has 1 N–H and O–H groups in total. The number of imide groups is 2. The summed E-state index contributed by atoms with van der Waals surface area (Å²) in [6.07, 6.45) is -0.810. The lowest BCUT2D eigenvalue weighted by molar-refractivity contribution is -0.384. The number of hydrogen-bond acceptors (Lipinski definition) is 7. The molecule has 0 aliphatic carbocycles. The molecule has 0 radical (unpaired) electrons. The minimum absolute atomic E-state index is 0.0907. The number of amides is 4. The highest BCUT2D eigenvalue weighted by Crippen LogP contribution is 2.49. The lowest BCUT2D eigenvalue weighted by Crippen LogP contribution is -2.76. The normalized spacial score (nSPS) is 28.0. The molecule has 2 fully saturated rings. The van der Waals surface area contributed by atoms with Crippen molar-refractivity contribution in [3.05, 3.63) is 63.2 Å². The van der Waals surface area contributed by atoms with E-state index in [0.717, 1.165) is 21.7 Å². The summed E-state index contributed by atoms with van der Waals surface area (Å²) in [5.74, 6) is -1.37. The van der Waals surface area contributed by atoms with Gasteiger partial charge >= 0.3 is 6.03 Å². The van der Waals surface area contributed by atoms with Gasteiger partial charge in [-0.1, -0.05) is 12.1 Å². The highest BCUT2D eigenvalue weighted by atomic mass is 16.6. The molecule has 5 rings (SSSR count). The number of anilines is 2. The molecule has 10 nitrogen and oxygen atoms in total. The first-order valence-corrected chi connectivity index (χ1v) is 11.5. The fourth-order valence-electron chi connectivity index (χ4n) is 5.82. The van der Waals surface area contributed by atoms with E-state index in [4.69, 9.17) is 4.74 Å². The van der Waals surface area contributed by atoms with Crippen LogP contribution in [-0.4, -0.2) is 47.6 Å². The van der Waals surface area contributed by atoms with Crippen LogP contribution in [0, 0.1) is 29.4 Å². The number of nitrogens with one attached hydrogen (secondary N) is 1. The number of barbiturate groups is 1. The Bertz CT molecular complexity index is 1290. The van der Waals surface area contributed by atoms with E-state index in [0.29, 0.717) is 17.8 Å². The summed E-state index contributed by atoms with van der Waals surface area (Å²) in [4.78, 5) is 55.0. The average Bonchev–Trinajstić information content (AvgIpc) is 2.79. The zero-order valence-electron chi connectivity index (χ0n) is 19.9. The number of non-ortho nitro benzene ring substituents is 1. The molecule has 3 aliphatic rings. The van der Waals surface area contributed by atoms with Crippen molar-refractivity contribution in [1.29, 1.82) is 0 Å². The molecule has 35 heavy (non-hydrogen) atoms. The highest BCUT2D eigenvalue weighted by molar-refractivity contribution is 6.31. The molecule has 3 heterocycles. The average molecular weight is 479 g/mol. The number of ether oxygens (including phenoxy) is 1. The van der Waals surface area contributed by atoms with E-state index in [2.05, 4.69) is 5.32 Å². The summed E-state index contributed by atoms with van der Waals surface area (Å²) in [6.45, 7) is 7.79. The van der Waals surface area contributed by atoms with Crippen LogP contribution in [0.25, 0.3) is 0 Å². The van der Waals surface area contributed by atoms with E-state index in [1.54, 1.807) is 18.2 Å². The van der Waals surface area contributed by atoms with Crippen molar-refractivity contribution in [3.8, 4) is 0 Å². The van der Waals surface area contributed by atoms with Gasteiger partial charge in [0.25, 0.3) is 11.6 Å². The fourth-order valence-corrected chi connectivity index (χ4v) is 5.82. The van der Waals surface area contributed by atoms with Crippen molar-refractivity contribution in [1.82, 2.24) is 5.32 Å². The minimum atomic E-state index is -1.72. The number of hydrogen-bond donors (Lipinski definition) is 1. The molecule has 4 atom stereocenters. The SMILES string of the molecule is Cc1cccc(N2C(=O)NC(=O)[C@]3(Cc4cc([N+](=O)[O-])ccc4N4C[C@H](C)O[C@H](C)[C@H]43)C2=O)c1C. The van der Waals surface area contributed by atoms with Gasteiger partial charge < -0.3 is 9.64 Å². The Morgan fingerprint density at radius 1 is 1.11 bits per heavy atom. The summed E-state index contributed by atoms with van der Waals surface area (Å²) in [6, 6.07) is 8.28. The van der Waals surface area contributed by atoms with E-state index in [9.17, 15) is 24.5 Å². The zero-order valence-corrected chi connectivity index (χ0v) is 19.9. The Labute approximate surface area is 202 Å². The lowest BCUT2D eigenvalue weighted by Gasteiger charge is -2.56. The van der Waals surface area contributed by atoms with Gasteiger partial charge in [-0.2, -0.15) is 0 Å². The third-order valence-electron chi connectivity index (χ3n) is 7.47. The Kier molecular flexibility index (Phi) is 5.17. The maximum absolute atomic E-state index is 14.3. The van der Waals surface area contributed by atoms with Crippen LogP contribution < -0.4 is 15.1 Å². The van der Waals surface area contributed by atoms with Gasteiger partial charge in [0.1, 0.15) is 0 Å². The number of urea groups is 1. The molecule has 0 aromatic heterocycles. The second-order valence-electron chi connectivity index (χ2n) is 9.59. The van der Waals surface area contributed by atoms with Crippen LogP contribution in [0.4, 0.5) is 21.9 Å². The third kappa shape index (κ3) is 3.23. The summed E-state index contributed by atoms with van der Waals surface area (Å²) < 4.78 is 6.08. The van der Waals surface area contributed by atoms with Gasteiger partial charge in [0.05, 0.1) is 28.9 Å². The predicted octanol–water partition coefficient (Wildman–Crippen LogP) is 3.02. The Balaban J connectivity index is 1.73. The Hall–Kier alpha value is -3.79. The number of fused-ring (bicyclic) bond motifs is 4. The van der Waals surface area contributed by atoms with Crippen LogP contribution in [0.15, 0.2) is 36.4 Å². The lowest BCUT2D eigenvalue weighted by atomic mass is 9.66. The number of carbonyl (C=O) groups excluding carboxylic acids is 3. The van der Waals surface area contributed by atoms with Gasteiger partial charge in [0, 0.05) is 30.8 Å². The second kappa shape index (κ2) is 7.88. The van der Waals surface area contributed by atoms with Crippen LogP contribution >= 0.6 is 0 Å². The monoisotopic (exact) mass is 478 g/mol. The molecule has 2 saturated heterocycles. The maximum atomic E-state index is 14.3. The molecule has 2 aromatic rings. The molecular weight excluding hydrogens is 452 g/mol. The molecular formula is C25H26N4O6. The van der Waals surface area contributed by atoms with Crippen molar-refractivity contribution < 1.29 is 24.0 Å².